The molecule has 1 aromatic carbocycles. The van der Waals surface area contributed by atoms with Crippen molar-refractivity contribution in [3.05, 3.63) is 28.8 Å². The zero-order chi connectivity index (χ0) is 14.6. The minimum Gasteiger partial charge on any atom is -0.316 e. The second-order valence-electron chi connectivity index (χ2n) is 4.88. The largest absolute Gasteiger partial charge is 0.316 e. The number of hydrogen-bond donors (Lipinski definition) is 2. The molecular formula is C13H19ClN2O2S2. The molecule has 0 bridgehead atoms. The predicted molar refractivity (Wildman–Crippen MR) is 84.8 cm³/mol. The van der Waals surface area contributed by atoms with Crippen molar-refractivity contribution in [2.24, 2.45) is 5.92 Å². The van der Waals surface area contributed by atoms with Crippen molar-refractivity contribution < 1.29 is 8.42 Å². The van der Waals surface area contributed by atoms with Gasteiger partial charge in [-0.3, -0.25) is 0 Å². The van der Waals surface area contributed by atoms with Gasteiger partial charge in [-0.2, -0.15) is 11.8 Å². The Balaban J connectivity index is 2.12. The van der Waals surface area contributed by atoms with E-state index in [0.717, 1.165) is 23.5 Å². The molecule has 1 aromatic rings. The van der Waals surface area contributed by atoms with E-state index in [0.29, 0.717) is 19.0 Å². The van der Waals surface area contributed by atoms with Crippen molar-refractivity contribution in [2.75, 3.05) is 25.1 Å². The Morgan fingerprint density at radius 2 is 2.25 bits per heavy atom. The van der Waals surface area contributed by atoms with Gasteiger partial charge in [0.25, 0.3) is 0 Å². The fourth-order valence-electron chi connectivity index (χ4n) is 2.12. The number of thioether (sulfide) groups is 1. The first-order chi connectivity index (χ1) is 9.53. The van der Waals surface area contributed by atoms with Crippen molar-refractivity contribution in [1.29, 1.82) is 0 Å². The molecule has 0 aromatic heterocycles. The third kappa shape index (κ3) is 4.11. The highest BCUT2D eigenvalue weighted by atomic mass is 35.5. The summed E-state index contributed by atoms with van der Waals surface area (Å²) in [6.07, 6.45) is 1.07. The molecule has 1 unspecified atom stereocenters. The molecule has 0 spiro atoms. The highest BCUT2D eigenvalue weighted by Crippen LogP contribution is 2.25. The van der Waals surface area contributed by atoms with E-state index in [4.69, 9.17) is 11.6 Å². The highest BCUT2D eigenvalue weighted by Gasteiger charge is 2.22. The zero-order valence-corrected chi connectivity index (χ0v) is 13.7. The van der Waals surface area contributed by atoms with Gasteiger partial charge in [-0.05, 0) is 48.6 Å². The van der Waals surface area contributed by atoms with Crippen LogP contribution in [0.2, 0.25) is 5.02 Å². The van der Waals surface area contributed by atoms with Crippen LogP contribution in [0.3, 0.4) is 0 Å². The summed E-state index contributed by atoms with van der Waals surface area (Å²) in [6, 6.07) is 5.09. The van der Waals surface area contributed by atoms with Crippen LogP contribution >= 0.6 is 23.4 Å². The number of nitrogens with one attached hydrogen (secondary N) is 2. The van der Waals surface area contributed by atoms with Crippen LogP contribution in [-0.4, -0.2) is 33.5 Å². The van der Waals surface area contributed by atoms with Crippen molar-refractivity contribution in [2.45, 2.75) is 17.9 Å². The molecule has 0 radical (unpaired) electrons. The molecule has 7 heteroatoms. The van der Waals surface area contributed by atoms with E-state index in [1.807, 2.05) is 24.9 Å². The van der Waals surface area contributed by atoms with Crippen LogP contribution in [0.5, 0.6) is 0 Å². The summed E-state index contributed by atoms with van der Waals surface area (Å²) in [5, 5.41) is 3.26. The molecular weight excluding hydrogens is 316 g/mol. The number of rotatable bonds is 6. The quantitative estimate of drug-likeness (QED) is 0.836. The van der Waals surface area contributed by atoms with Gasteiger partial charge in [-0.15, -0.1) is 0 Å². The van der Waals surface area contributed by atoms with Crippen LogP contribution in [-0.2, 0) is 16.6 Å². The summed E-state index contributed by atoms with van der Waals surface area (Å²) >= 11 is 7.90. The van der Waals surface area contributed by atoms with Gasteiger partial charge in [0.15, 0.2) is 0 Å². The fourth-order valence-corrected chi connectivity index (χ4v) is 5.07. The summed E-state index contributed by atoms with van der Waals surface area (Å²) < 4.78 is 27.4. The third-order valence-electron chi connectivity index (χ3n) is 3.25. The lowest BCUT2D eigenvalue weighted by atomic mass is 10.1. The van der Waals surface area contributed by atoms with Gasteiger partial charge < -0.3 is 5.32 Å². The van der Waals surface area contributed by atoms with Crippen LogP contribution in [0.15, 0.2) is 23.1 Å². The van der Waals surface area contributed by atoms with Crippen molar-refractivity contribution in [1.82, 2.24) is 10.0 Å². The molecule has 1 heterocycles. The minimum absolute atomic E-state index is 0.164. The van der Waals surface area contributed by atoms with Gasteiger partial charge in [0, 0.05) is 13.1 Å². The topological polar surface area (TPSA) is 58.2 Å². The maximum Gasteiger partial charge on any atom is 0.242 e. The number of sulfonamides is 1. The molecule has 0 amide bonds. The Bertz CT molecular complexity index is 557. The van der Waals surface area contributed by atoms with E-state index in [1.165, 1.54) is 0 Å². The Labute approximate surface area is 129 Å². The summed E-state index contributed by atoms with van der Waals surface area (Å²) in [5.41, 5.74) is 0.897. The van der Waals surface area contributed by atoms with Crippen LogP contribution in [0, 0.1) is 5.92 Å². The molecule has 4 nitrogen and oxygen atoms in total. The number of halogens is 1. The molecule has 2 N–H and O–H groups in total. The summed E-state index contributed by atoms with van der Waals surface area (Å²) in [6.45, 7) is 1.10. The molecule has 1 saturated heterocycles. The maximum atomic E-state index is 12.3. The van der Waals surface area contributed by atoms with Gasteiger partial charge in [0.2, 0.25) is 10.0 Å². The van der Waals surface area contributed by atoms with Gasteiger partial charge >= 0.3 is 0 Å². The normalized spacial score (nSPS) is 19.4. The zero-order valence-electron chi connectivity index (χ0n) is 11.4. The standard InChI is InChI=1S/C13H19ClN2O2S2/c1-15-7-10-2-3-12(14)13(6-10)20(17,18)16-8-11-4-5-19-9-11/h2-3,6,11,15-16H,4-5,7-9H2,1H3. The Hall–Kier alpha value is -0.270. The second kappa shape index (κ2) is 7.13. The number of benzene rings is 1. The number of hydrogen-bond acceptors (Lipinski definition) is 4. The van der Waals surface area contributed by atoms with Gasteiger partial charge in [-0.1, -0.05) is 17.7 Å². The average molecular weight is 335 g/mol. The van der Waals surface area contributed by atoms with E-state index in [2.05, 4.69) is 10.0 Å². The lowest BCUT2D eigenvalue weighted by Crippen LogP contribution is -2.29. The molecule has 1 aliphatic heterocycles. The van der Waals surface area contributed by atoms with Crippen molar-refractivity contribution in [3.63, 3.8) is 0 Å². The van der Waals surface area contributed by atoms with E-state index in [9.17, 15) is 8.42 Å². The molecule has 0 aliphatic carbocycles. The monoisotopic (exact) mass is 334 g/mol. The molecule has 2 rings (SSSR count). The average Bonchev–Trinajstić information content (AvgIpc) is 2.92. The van der Waals surface area contributed by atoms with E-state index < -0.39 is 10.0 Å². The van der Waals surface area contributed by atoms with Crippen LogP contribution < -0.4 is 10.0 Å². The Kier molecular flexibility index (Phi) is 5.74. The van der Waals surface area contributed by atoms with Crippen LogP contribution in [0.4, 0.5) is 0 Å². The fraction of sp³-hybridized carbons (Fsp3) is 0.538. The van der Waals surface area contributed by atoms with Crippen molar-refractivity contribution in [3.8, 4) is 0 Å². The summed E-state index contributed by atoms with van der Waals surface area (Å²) in [5.74, 6) is 2.56. The van der Waals surface area contributed by atoms with Crippen LogP contribution in [0.25, 0.3) is 0 Å². The lowest BCUT2D eigenvalue weighted by Gasteiger charge is -2.13. The molecule has 112 valence electrons. The van der Waals surface area contributed by atoms with E-state index in [1.54, 1.807) is 12.1 Å². The van der Waals surface area contributed by atoms with E-state index >= 15 is 0 Å². The first kappa shape index (κ1) is 16.1. The SMILES string of the molecule is CNCc1ccc(Cl)c(S(=O)(=O)NCC2CCSC2)c1. The van der Waals surface area contributed by atoms with E-state index in [-0.39, 0.29) is 9.92 Å². The Morgan fingerprint density at radius 3 is 2.90 bits per heavy atom. The molecule has 0 saturated carbocycles. The molecule has 1 atom stereocenters. The highest BCUT2D eigenvalue weighted by molar-refractivity contribution is 7.99. The molecule has 1 fully saturated rings. The maximum absolute atomic E-state index is 12.3. The smallest absolute Gasteiger partial charge is 0.242 e. The molecule has 20 heavy (non-hydrogen) atoms. The Morgan fingerprint density at radius 1 is 1.45 bits per heavy atom. The first-order valence-electron chi connectivity index (χ1n) is 6.53. The van der Waals surface area contributed by atoms with Crippen molar-refractivity contribution >= 4 is 33.4 Å². The van der Waals surface area contributed by atoms with Gasteiger partial charge in [-0.25, -0.2) is 13.1 Å². The van der Waals surface area contributed by atoms with Gasteiger partial charge in [0.1, 0.15) is 4.90 Å². The summed E-state index contributed by atoms with van der Waals surface area (Å²) in [4.78, 5) is 0.164. The predicted octanol–water partition coefficient (Wildman–Crippen LogP) is 2.09. The minimum atomic E-state index is -3.54. The first-order valence-corrected chi connectivity index (χ1v) is 9.55. The third-order valence-corrected chi connectivity index (χ3v) is 6.39. The lowest BCUT2D eigenvalue weighted by molar-refractivity contribution is 0.545. The van der Waals surface area contributed by atoms with Gasteiger partial charge in [0.05, 0.1) is 5.02 Å². The summed E-state index contributed by atoms with van der Waals surface area (Å²) in [7, 11) is -1.72. The van der Waals surface area contributed by atoms with Crippen LogP contribution in [0.1, 0.15) is 12.0 Å². The molecule has 1 aliphatic rings. The second-order valence-corrected chi connectivity index (χ2v) is 8.17.